The van der Waals surface area contributed by atoms with E-state index in [1.54, 1.807) is 49.9 Å². The van der Waals surface area contributed by atoms with Gasteiger partial charge in [-0.25, -0.2) is 9.18 Å². The van der Waals surface area contributed by atoms with Gasteiger partial charge in [0.1, 0.15) is 11.4 Å². The summed E-state index contributed by atoms with van der Waals surface area (Å²) in [4.78, 5) is 29.1. The van der Waals surface area contributed by atoms with Crippen molar-refractivity contribution in [3.63, 3.8) is 0 Å². The van der Waals surface area contributed by atoms with Crippen LogP contribution in [0.5, 0.6) is 0 Å². The zero-order valence-corrected chi connectivity index (χ0v) is 17.5. The smallest absolute Gasteiger partial charge is 0.410 e. The standard InChI is InChI=1S/C23H24FN3O3/c1-15-13-27(21(28)17-7-5-6-16(10-17)12-25)20-11-19(24)9-8-18(20)14-26(15)22(29)30-23(2,3)4/h5-11,15H,13-14H2,1-4H3/t15-/m1/s1. The van der Waals surface area contributed by atoms with Crippen molar-refractivity contribution in [1.29, 1.82) is 5.26 Å². The number of anilines is 1. The quantitative estimate of drug-likeness (QED) is 0.696. The fourth-order valence-electron chi connectivity index (χ4n) is 3.36. The lowest BCUT2D eigenvalue weighted by Crippen LogP contribution is -2.46. The molecule has 2 amide bonds. The number of nitrogens with zero attached hydrogens (tertiary/aromatic N) is 3. The third-order valence-electron chi connectivity index (χ3n) is 4.77. The van der Waals surface area contributed by atoms with Crippen molar-refractivity contribution in [2.24, 2.45) is 0 Å². The molecule has 2 aromatic carbocycles. The van der Waals surface area contributed by atoms with Gasteiger partial charge in [-0.2, -0.15) is 5.26 Å². The molecule has 0 fully saturated rings. The molecule has 0 unspecified atom stereocenters. The van der Waals surface area contributed by atoms with Gasteiger partial charge < -0.3 is 9.64 Å². The number of fused-ring (bicyclic) bond motifs is 1. The molecular formula is C23H24FN3O3. The van der Waals surface area contributed by atoms with Crippen LogP contribution < -0.4 is 4.90 Å². The summed E-state index contributed by atoms with van der Waals surface area (Å²) in [6.07, 6.45) is -0.494. The lowest BCUT2D eigenvalue weighted by Gasteiger charge is -2.31. The van der Waals surface area contributed by atoms with E-state index in [9.17, 15) is 14.0 Å². The molecule has 0 saturated heterocycles. The predicted octanol–water partition coefficient (Wildman–Crippen LogP) is 4.48. The minimum absolute atomic E-state index is 0.158. The maximum Gasteiger partial charge on any atom is 0.410 e. The number of hydrogen-bond acceptors (Lipinski definition) is 4. The largest absolute Gasteiger partial charge is 0.444 e. The Labute approximate surface area is 175 Å². The maximum absolute atomic E-state index is 14.1. The van der Waals surface area contributed by atoms with Crippen LogP contribution in [0.15, 0.2) is 42.5 Å². The fourth-order valence-corrected chi connectivity index (χ4v) is 3.36. The first kappa shape index (κ1) is 21.3. The highest BCUT2D eigenvalue weighted by Gasteiger charge is 2.34. The third-order valence-corrected chi connectivity index (χ3v) is 4.77. The molecule has 2 aromatic rings. The Morgan fingerprint density at radius 1 is 1.20 bits per heavy atom. The van der Waals surface area contributed by atoms with Gasteiger partial charge in [0.15, 0.2) is 0 Å². The first-order chi connectivity index (χ1) is 14.1. The molecule has 0 aromatic heterocycles. The van der Waals surface area contributed by atoms with Crippen LogP contribution >= 0.6 is 0 Å². The number of rotatable bonds is 1. The Balaban J connectivity index is 2.01. The van der Waals surface area contributed by atoms with Crippen LogP contribution in [0, 0.1) is 17.1 Å². The van der Waals surface area contributed by atoms with Gasteiger partial charge in [0, 0.05) is 12.1 Å². The average Bonchev–Trinajstić information content (AvgIpc) is 2.82. The van der Waals surface area contributed by atoms with Crippen molar-refractivity contribution in [3.05, 3.63) is 65.0 Å². The summed E-state index contributed by atoms with van der Waals surface area (Å²) in [6.45, 7) is 7.52. The number of benzene rings is 2. The predicted molar refractivity (Wildman–Crippen MR) is 110 cm³/mol. The van der Waals surface area contributed by atoms with Crippen LogP contribution in [0.2, 0.25) is 0 Å². The van der Waals surface area contributed by atoms with E-state index in [-0.39, 0.29) is 25.0 Å². The van der Waals surface area contributed by atoms with Crippen LogP contribution in [0.3, 0.4) is 0 Å². The van der Waals surface area contributed by atoms with Crippen LogP contribution in [0.25, 0.3) is 0 Å². The Bertz CT molecular complexity index is 1020. The highest BCUT2D eigenvalue weighted by molar-refractivity contribution is 6.07. The van der Waals surface area contributed by atoms with Crippen molar-refractivity contribution in [1.82, 2.24) is 4.90 Å². The number of ether oxygens (including phenoxy) is 1. The summed E-state index contributed by atoms with van der Waals surface area (Å²) >= 11 is 0. The molecule has 0 saturated carbocycles. The second kappa shape index (κ2) is 8.15. The van der Waals surface area contributed by atoms with E-state index >= 15 is 0 Å². The van der Waals surface area contributed by atoms with E-state index in [4.69, 9.17) is 10.00 Å². The van der Waals surface area contributed by atoms with Gasteiger partial charge in [0.2, 0.25) is 0 Å². The molecule has 6 nitrogen and oxygen atoms in total. The van der Waals surface area contributed by atoms with Crippen LogP contribution in [0.1, 0.15) is 49.2 Å². The lowest BCUT2D eigenvalue weighted by molar-refractivity contribution is 0.0167. The first-order valence-electron chi connectivity index (χ1n) is 9.69. The minimum atomic E-state index is -0.665. The molecule has 1 aliphatic heterocycles. The SMILES string of the molecule is C[C@@H]1CN(C(=O)c2cccc(C#N)c2)c2cc(F)ccc2CN1C(=O)OC(C)(C)C. The van der Waals surface area contributed by atoms with E-state index in [0.29, 0.717) is 22.4 Å². The van der Waals surface area contributed by atoms with Gasteiger partial charge in [0.05, 0.1) is 29.9 Å². The molecule has 0 radical (unpaired) electrons. The molecule has 0 N–H and O–H groups in total. The summed E-state index contributed by atoms with van der Waals surface area (Å²) in [6, 6.07) is 12.2. The van der Waals surface area contributed by atoms with Gasteiger partial charge in [-0.15, -0.1) is 0 Å². The Hall–Kier alpha value is -3.40. The number of amides is 2. The van der Waals surface area contributed by atoms with E-state index in [0.717, 1.165) is 0 Å². The van der Waals surface area contributed by atoms with Crippen molar-refractivity contribution in [3.8, 4) is 6.07 Å². The van der Waals surface area contributed by atoms with Crippen molar-refractivity contribution < 1.29 is 18.7 Å². The van der Waals surface area contributed by atoms with Gasteiger partial charge in [-0.3, -0.25) is 9.69 Å². The molecule has 1 heterocycles. The second-order valence-electron chi connectivity index (χ2n) is 8.34. The number of hydrogen-bond donors (Lipinski definition) is 0. The van der Waals surface area contributed by atoms with Crippen molar-refractivity contribution in [2.45, 2.75) is 45.9 Å². The van der Waals surface area contributed by atoms with E-state index in [1.807, 2.05) is 13.0 Å². The van der Waals surface area contributed by atoms with Crippen molar-refractivity contribution in [2.75, 3.05) is 11.4 Å². The Morgan fingerprint density at radius 2 is 1.93 bits per heavy atom. The molecule has 156 valence electrons. The van der Waals surface area contributed by atoms with Crippen LogP contribution in [-0.2, 0) is 11.3 Å². The average molecular weight is 409 g/mol. The summed E-state index contributed by atoms with van der Waals surface area (Å²) < 4.78 is 19.6. The van der Waals surface area contributed by atoms with Crippen LogP contribution in [0.4, 0.5) is 14.9 Å². The molecule has 30 heavy (non-hydrogen) atoms. The van der Waals surface area contributed by atoms with Gasteiger partial charge >= 0.3 is 6.09 Å². The minimum Gasteiger partial charge on any atom is -0.444 e. The maximum atomic E-state index is 14.1. The Morgan fingerprint density at radius 3 is 2.60 bits per heavy atom. The monoisotopic (exact) mass is 409 g/mol. The molecule has 1 aliphatic rings. The van der Waals surface area contributed by atoms with E-state index in [1.165, 1.54) is 23.1 Å². The first-order valence-corrected chi connectivity index (χ1v) is 9.69. The molecular weight excluding hydrogens is 385 g/mol. The summed E-state index contributed by atoms with van der Waals surface area (Å²) in [5, 5.41) is 9.14. The molecule has 1 atom stereocenters. The fraction of sp³-hybridized carbons (Fsp3) is 0.348. The molecule has 3 rings (SSSR count). The molecule has 0 spiro atoms. The topological polar surface area (TPSA) is 73.6 Å². The zero-order valence-electron chi connectivity index (χ0n) is 17.5. The molecule has 7 heteroatoms. The van der Waals surface area contributed by atoms with Gasteiger partial charge in [-0.1, -0.05) is 12.1 Å². The molecule has 0 bridgehead atoms. The molecule has 0 aliphatic carbocycles. The second-order valence-corrected chi connectivity index (χ2v) is 8.34. The van der Waals surface area contributed by atoms with Gasteiger partial charge in [-0.05, 0) is 63.6 Å². The number of halogens is 1. The number of carbonyl (C=O) groups is 2. The summed E-state index contributed by atoms with van der Waals surface area (Å²) in [5.74, 6) is -0.840. The van der Waals surface area contributed by atoms with E-state index in [2.05, 4.69) is 0 Å². The van der Waals surface area contributed by atoms with Gasteiger partial charge in [0.25, 0.3) is 5.91 Å². The highest BCUT2D eigenvalue weighted by atomic mass is 19.1. The third kappa shape index (κ3) is 4.60. The summed E-state index contributed by atoms with van der Waals surface area (Å²) in [5.41, 5.74) is 1.06. The summed E-state index contributed by atoms with van der Waals surface area (Å²) in [7, 11) is 0. The highest BCUT2D eigenvalue weighted by Crippen LogP contribution is 2.30. The number of nitriles is 1. The van der Waals surface area contributed by atoms with Crippen LogP contribution in [-0.4, -0.2) is 35.1 Å². The van der Waals surface area contributed by atoms with Crippen molar-refractivity contribution >= 4 is 17.7 Å². The zero-order chi connectivity index (χ0) is 22.1. The number of carbonyl (C=O) groups excluding carboxylic acids is 2. The van der Waals surface area contributed by atoms with E-state index < -0.39 is 17.5 Å². The normalized spacial score (nSPS) is 16.3. The Kier molecular flexibility index (Phi) is 5.79. The lowest BCUT2D eigenvalue weighted by atomic mass is 10.1.